The molecule has 0 atom stereocenters. The lowest BCUT2D eigenvalue weighted by Crippen LogP contribution is -2.01. The summed E-state index contributed by atoms with van der Waals surface area (Å²) in [5.41, 5.74) is 12.0. The van der Waals surface area contributed by atoms with Crippen molar-refractivity contribution in [2.45, 2.75) is 20.3 Å². The molecule has 0 amide bonds. The van der Waals surface area contributed by atoms with E-state index in [2.05, 4.69) is 104 Å². The Balaban J connectivity index is 0.000000166. The SMILES string of the molecule is C=C/C=C\C=C(\N)Cc1cccc2ccccc12.Cc1ccc(C)cc1.c1ccc2s[nH]c2c1. The second-order valence-electron chi connectivity index (χ2n) is 8.03. The van der Waals surface area contributed by atoms with Gasteiger partial charge >= 0.3 is 0 Å². The number of rotatable bonds is 4. The van der Waals surface area contributed by atoms with Crippen LogP contribution in [0, 0.1) is 13.8 Å². The van der Waals surface area contributed by atoms with Crippen molar-refractivity contribution in [3.8, 4) is 0 Å². The zero-order chi connectivity index (χ0) is 24.2. The van der Waals surface area contributed by atoms with Gasteiger partial charge in [0.2, 0.25) is 0 Å². The number of aromatic amines is 1. The van der Waals surface area contributed by atoms with Gasteiger partial charge in [0.05, 0.1) is 10.2 Å². The van der Waals surface area contributed by atoms with Gasteiger partial charge in [-0.15, -0.1) is 0 Å². The van der Waals surface area contributed by atoms with Gasteiger partial charge in [-0.05, 0) is 48.4 Å². The van der Waals surface area contributed by atoms with Crippen molar-refractivity contribution in [3.05, 3.63) is 144 Å². The summed E-state index contributed by atoms with van der Waals surface area (Å²) < 4.78 is 4.46. The molecule has 5 rings (SSSR count). The van der Waals surface area contributed by atoms with Crippen LogP contribution in [-0.2, 0) is 6.42 Å². The van der Waals surface area contributed by atoms with Gasteiger partial charge in [0, 0.05) is 12.1 Å². The molecule has 0 aliphatic carbocycles. The third kappa shape index (κ3) is 7.65. The maximum absolute atomic E-state index is 6.01. The molecule has 0 aliphatic heterocycles. The zero-order valence-corrected chi connectivity index (χ0v) is 20.7. The van der Waals surface area contributed by atoms with Gasteiger partial charge in [0.25, 0.3) is 0 Å². The predicted octanol–water partition coefficient (Wildman–Crippen LogP) is 8.50. The number of aromatic nitrogens is 1. The smallest absolute Gasteiger partial charge is 0.0683 e. The first kappa shape index (κ1) is 24.8. The van der Waals surface area contributed by atoms with Crippen LogP contribution in [0.2, 0.25) is 0 Å². The van der Waals surface area contributed by atoms with Gasteiger partial charge in [-0.25, -0.2) is 0 Å². The Kier molecular flexibility index (Phi) is 9.51. The Morgan fingerprint density at radius 2 is 1.47 bits per heavy atom. The van der Waals surface area contributed by atoms with E-state index < -0.39 is 0 Å². The van der Waals surface area contributed by atoms with Gasteiger partial charge in [0.15, 0.2) is 0 Å². The van der Waals surface area contributed by atoms with E-state index in [1.807, 2.05) is 30.4 Å². The number of hydrogen-bond acceptors (Lipinski definition) is 2. The molecule has 2 nitrogen and oxygen atoms in total. The van der Waals surface area contributed by atoms with Gasteiger partial charge < -0.3 is 10.1 Å². The lowest BCUT2D eigenvalue weighted by molar-refractivity contribution is 1.12. The Bertz CT molecular complexity index is 1310. The summed E-state index contributed by atoms with van der Waals surface area (Å²) in [7, 11) is 0. The van der Waals surface area contributed by atoms with Gasteiger partial charge in [-0.3, -0.25) is 0 Å². The summed E-state index contributed by atoms with van der Waals surface area (Å²) in [6.45, 7) is 7.82. The number of fused-ring (bicyclic) bond motifs is 2. The number of aryl methyl sites for hydroxylation is 2. The van der Waals surface area contributed by atoms with Crippen LogP contribution >= 0.6 is 11.5 Å². The Morgan fingerprint density at radius 3 is 2.06 bits per heavy atom. The van der Waals surface area contributed by atoms with Crippen molar-refractivity contribution in [3.63, 3.8) is 0 Å². The monoisotopic (exact) mass is 464 g/mol. The van der Waals surface area contributed by atoms with Crippen LogP contribution in [0.3, 0.4) is 0 Å². The summed E-state index contributed by atoms with van der Waals surface area (Å²) in [6.07, 6.45) is 8.21. The van der Waals surface area contributed by atoms with Crippen molar-refractivity contribution >= 4 is 32.5 Å². The van der Waals surface area contributed by atoms with Crippen LogP contribution in [0.25, 0.3) is 21.0 Å². The summed E-state index contributed by atoms with van der Waals surface area (Å²) in [5.74, 6) is 0. The molecule has 1 heterocycles. The number of para-hydroxylation sites is 1. The van der Waals surface area contributed by atoms with Crippen LogP contribution < -0.4 is 5.73 Å². The van der Waals surface area contributed by atoms with E-state index in [0.29, 0.717) is 0 Å². The molecule has 3 heteroatoms. The number of nitrogens with two attached hydrogens (primary N) is 1. The van der Waals surface area contributed by atoms with Crippen molar-refractivity contribution in [2.24, 2.45) is 5.73 Å². The first-order valence-electron chi connectivity index (χ1n) is 11.3. The van der Waals surface area contributed by atoms with E-state index in [9.17, 15) is 0 Å². The van der Waals surface area contributed by atoms with Crippen molar-refractivity contribution in [2.75, 3.05) is 0 Å². The number of benzene rings is 4. The molecular formula is C31H32N2S. The highest BCUT2D eigenvalue weighted by molar-refractivity contribution is 7.15. The number of H-pyrrole nitrogens is 1. The first-order valence-corrected chi connectivity index (χ1v) is 12.1. The molecule has 34 heavy (non-hydrogen) atoms. The topological polar surface area (TPSA) is 41.8 Å². The van der Waals surface area contributed by atoms with Crippen LogP contribution in [0.4, 0.5) is 0 Å². The van der Waals surface area contributed by atoms with Crippen molar-refractivity contribution < 1.29 is 0 Å². The molecule has 172 valence electrons. The van der Waals surface area contributed by atoms with E-state index >= 15 is 0 Å². The normalized spacial score (nSPS) is 11.1. The fourth-order valence-electron chi connectivity index (χ4n) is 3.32. The zero-order valence-electron chi connectivity index (χ0n) is 19.9. The van der Waals surface area contributed by atoms with E-state index in [1.165, 1.54) is 37.7 Å². The molecule has 0 spiro atoms. The van der Waals surface area contributed by atoms with E-state index in [4.69, 9.17) is 5.73 Å². The highest BCUT2D eigenvalue weighted by atomic mass is 32.1. The Morgan fingerprint density at radius 1 is 0.824 bits per heavy atom. The highest BCUT2D eigenvalue weighted by Crippen LogP contribution is 2.20. The van der Waals surface area contributed by atoms with Gasteiger partial charge in [0.1, 0.15) is 0 Å². The standard InChI is InChI=1S/C17H17N.C8H10.C6H5NS/c1-2-3-4-11-16(18)13-15-10-7-9-14-8-5-6-12-17(14)15;1-7-3-5-8(2)6-4-7;1-2-4-6-5(3-1)7-8-6/h2-12H,1,13,18H2;3-6H,1-2H3;1-4,7H/b4-3-,16-11+;;. The predicted molar refractivity (Wildman–Crippen MR) is 151 cm³/mol. The van der Waals surface area contributed by atoms with Crippen molar-refractivity contribution in [1.82, 2.24) is 4.37 Å². The van der Waals surface area contributed by atoms with Crippen LogP contribution in [0.1, 0.15) is 16.7 Å². The molecule has 5 aromatic rings. The molecule has 0 bridgehead atoms. The third-order valence-corrected chi connectivity index (χ3v) is 6.11. The number of allylic oxidation sites excluding steroid dienone is 5. The molecule has 1 aromatic heterocycles. The van der Waals surface area contributed by atoms with Crippen molar-refractivity contribution in [1.29, 1.82) is 0 Å². The fraction of sp³-hybridized carbons (Fsp3) is 0.0968. The highest BCUT2D eigenvalue weighted by Gasteiger charge is 2.00. The average molecular weight is 465 g/mol. The Labute approximate surface area is 206 Å². The quantitative estimate of drug-likeness (QED) is 0.257. The van der Waals surface area contributed by atoms with Gasteiger partial charge in [-0.2, -0.15) is 0 Å². The number of nitrogens with one attached hydrogen (secondary N) is 1. The molecule has 0 radical (unpaired) electrons. The minimum atomic E-state index is 0.767. The molecule has 3 N–H and O–H groups in total. The summed E-state index contributed by atoms with van der Waals surface area (Å²) in [6, 6.07) is 31.4. The lowest BCUT2D eigenvalue weighted by atomic mass is 10.0. The fourth-order valence-corrected chi connectivity index (χ4v) is 3.94. The van der Waals surface area contributed by atoms with E-state index in [0.717, 1.165) is 12.1 Å². The summed E-state index contributed by atoms with van der Waals surface area (Å²) in [4.78, 5) is 0. The summed E-state index contributed by atoms with van der Waals surface area (Å²) in [5, 5.41) is 2.52. The second-order valence-corrected chi connectivity index (χ2v) is 8.88. The largest absolute Gasteiger partial charge is 0.402 e. The third-order valence-electron chi connectivity index (χ3n) is 5.21. The van der Waals surface area contributed by atoms with Crippen LogP contribution in [0.15, 0.2) is 128 Å². The van der Waals surface area contributed by atoms with Crippen LogP contribution in [-0.4, -0.2) is 4.37 Å². The lowest BCUT2D eigenvalue weighted by Gasteiger charge is -2.06. The Hall–Kier alpha value is -3.82. The molecule has 0 saturated heterocycles. The minimum absolute atomic E-state index is 0.767. The first-order chi connectivity index (χ1) is 16.6. The summed E-state index contributed by atoms with van der Waals surface area (Å²) >= 11 is 1.68. The maximum atomic E-state index is 6.01. The van der Waals surface area contributed by atoms with Gasteiger partial charge in [-0.1, -0.05) is 126 Å². The number of hydrogen-bond donors (Lipinski definition) is 2. The van der Waals surface area contributed by atoms with E-state index in [-0.39, 0.29) is 0 Å². The average Bonchev–Trinajstić information content (AvgIpc) is 2.83. The molecule has 4 aromatic carbocycles. The molecular weight excluding hydrogens is 432 g/mol. The maximum Gasteiger partial charge on any atom is 0.0683 e. The minimum Gasteiger partial charge on any atom is -0.402 e. The second kappa shape index (κ2) is 13.0. The van der Waals surface area contributed by atoms with E-state index in [1.54, 1.807) is 17.6 Å². The molecule has 0 aliphatic rings. The molecule has 0 fully saturated rings. The van der Waals surface area contributed by atoms with Crippen LogP contribution in [0.5, 0.6) is 0 Å². The molecule has 0 unspecified atom stereocenters. The molecule has 0 saturated carbocycles.